The van der Waals surface area contributed by atoms with Crippen LogP contribution in [-0.2, 0) is 23.0 Å². The summed E-state index contributed by atoms with van der Waals surface area (Å²) in [4.78, 5) is -0.0195. The number of unbranched alkanes of at least 4 members (excludes halogenated alkanes) is 8. The summed E-state index contributed by atoms with van der Waals surface area (Å²) in [5, 5.41) is 2.03. The molecule has 0 heterocycles. The normalized spacial score (nSPS) is 12.0. The molecule has 4 heteroatoms. The molecule has 1 N–H and O–H groups in total. The van der Waals surface area contributed by atoms with Gasteiger partial charge < -0.3 is 0 Å². The van der Waals surface area contributed by atoms with E-state index in [1.54, 1.807) is 6.07 Å². The molecule has 0 amide bonds. The zero-order chi connectivity index (χ0) is 20.4. The first-order valence-electron chi connectivity index (χ1n) is 11.0. The lowest BCUT2D eigenvalue weighted by molar-refractivity contribution is 0.483. The molecule has 0 aromatic heterocycles. The largest absolute Gasteiger partial charge is 0.294 e. The van der Waals surface area contributed by atoms with Gasteiger partial charge in [-0.1, -0.05) is 83.4 Å². The van der Waals surface area contributed by atoms with E-state index in [4.69, 9.17) is 0 Å². The summed E-state index contributed by atoms with van der Waals surface area (Å²) in [6.45, 7) is 4.45. The van der Waals surface area contributed by atoms with E-state index in [0.29, 0.717) is 0 Å². The first-order chi connectivity index (χ1) is 13.5. The smallest absolute Gasteiger partial charge is 0.282 e. The minimum Gasteiger partial charge on any atom is -0.282 e. The van der Waals surface area contributed by atoms with Crippen molar-refractivity contribution in [2.45, 2.75) is 95.8 Å². The fourth-order valence-electron chi connectivity index (χ4n) is 3.86. The Morgan fingerprint density at radius 2 is 1.36 bits per heavy atom. The molecule has 0 aliphatic heterocycles. The summed E-state index contributed by atoms with van der Waals surface area (Å²) in [5.41, 5.74) is 2.58. The maximum absolute atomic E-state index is 11.5. The Balaban J connectivity index is 2.21. The molecular weight excluding hydrogens is 368 g/mol. The van der Waals surface area contributed by atoms with Gasteiger partial charge in [-0.05, 0) is 59.7 Å². The number of benzene rings is 2. The van der Waals surface area contributed by atoms with Gasteiger partial charge in [0.05, 0.1) is 4.90 Å². The lowest BCUT2D eigenvalue weighted by Gasteiger charge is -2.12. The van der Waals surface area contributed by atoms with Crippen molar-refractivity contribution in [2.75, 3.05) is 0 Å². The van der Waals surface area contributed by atoms with Crippen LogP contribution in [0.3, 0.4) is 0 Å². The highest BCUT2D eigenvalue weighted by Gasteiger charge is 2.12. The fraction of sp³-hybridized carbons (Fsp3) is 0.583. The standard InChI is InChI=1S/C24H36O3S/c1-3-5-7-9-11-13-20-17-21(14-12-10-8-6-4-2)24-16-15-23(28(25,26)27)19-22(24)18-20/h15-19H,3-14H2,1-2H3,(H,25,26,27). The van der Waals surface area contributed by atoms with E-state index in [2.05, 4.69) is 26.0 Å². The molecule has 0 spiro atoms. The van der Waals surface area contributed by atoms with Crippen molar-refractivity contribution in [3.05, 3.63) is 41.5 Å². The zero-order valence-electron chi connectivity index (χ0n) is 17.5. The maximum atomic E-state index is 11.5. The quantitative estimate of drug-likeness (QED) is 0.286. The predicted molar refractivity (Wildman–Crippen MR) is 119 cm³/mol. The number of hydrogen-bond donors (Lipinski definition) is 1. The molecule has 0 saturated heterocycles. The van der Waals surface area contributed by atoms with Crippen molar-refractivity contribution in [3.8, 4) is 0 Å². The molecular formula is C24H36O3S. The molecule has 0 radical (unpaired) electrons. The molecule has 0 fully saturated rings. The van der Waals surface area contributed by atoms with Crippen molar-refractivity contribution in [1.82, 2.24) is 0 Å². The van der Waals surface area contributed by atoms with E-state index >= 15 is 0 Å². The zero-order valence-corrected chi connectivity index (χ0v) is 18.4. The van der Waals surface area contributed by atoms with E-state index < -0.39 is 10.1 Å². The molecule has 0 unspecified atom stereocenters. The first kappa shape index (κ1) is 22.9. The van der Waals surface area contributed by atoms with Gasteiger partial charge in [0.15, 0.2) is 0 Å². The Morgan fingerprint density at radius 1 is 0.750 bits per heavy atom. The van der Waals surface area contributed by atoms with E-state index in [1.165, 1.54) is 75.0 Å². The van der Waals surface area contributed by atoms with E-state index in [1.807, 2.05) is 6.07 Å². The third kappa shape index (κ3) is 7.21. The second-order valence-corrected chi connectivity index (χ2v) is 9.36. The van der Waals surface area contributed by atoms with Crippen molar-refractivity contribution in [2.24, 2.45) is 0 Å². The number of hydrogen-bond acceptors (Lipinski definition) is 2. The van der Waals surface area contributed by atoms with E-state index in [9.17, 15) is 13.0 Å². The van der Waals surface area contributed by atoms with Gasteiger partial charge >= 0.3 is 0 Å². The number of rotatable bonds is 13. The van der Waals surface area contributed by atoms with Crippen LogP contribution in [-0.4, -0.2) is 13.0 Å². The topological polar surface area (TPSA) is 54.4 Å². The van der Waals surface area contributed by atoms with E-state index in [-0.39, 0.29) is 4.90 Å². The van der Waals surface area contributed by atoms with Crippen LogP contribution in [0.25, 0.3) is 10.8 Å². The average molecular weight is 405 g/mol. The monoisotopic (exact) mass is 404 g/mol. The summed E-state index contributed by atoms with van der Waals surface area (Å²) in [7, 11) is -4.17. The van der Waals surface area contributed by atoms with Crippen LogP contribution < -0.4 is 0 Å². The predicted octanol–water partition coefficient (Wildman–Crippen LogP) is 7.11. The summed E-state index contributed by atoms with van der Waals surface area (Å²) in [6, 6.07) is 9.40. The maximum Gasteiger partial charge on any atom is 0.294 e. The molecule has 28 heavy (non-hydrogen) atoms. The Labute approximate surface area is 171 Å². The van der Waals surface area contributed by atoms with Gasteiger partial charge in [0.1, 0.15) is 0 Å². The van der Waals surface area contributed by atoms with Crippen LogP contribution in [0, 0.1) is 0 Å². The minimum absolute atomic E-state index is 0.0195. The van der Waals surface area contributed by atoms with Crippen LogP contribution in [0.1, 0.15) is 89.2 Å². The third-order valence-electron chi connectivity index (χ3n) is 5.49. The van der Waals surface area contributed by atoms with Gasteiger partial charge in [-0.3, -0.25) is 4.55 Å². The third-order valence-corrected chi connectivity index (χ3v) is 6.34. The summed E-state index contributed by atoms with van der Waals surface area (Å²) >= 11 is 0. The van der Waals surface area contributed by atoms with Crippen LogP contribution in [0.5, 0.6) is 0 Å². The SMILES string of the molecule is CCCCCCCc1cc(CCCCCCC)c2ccc(S(=O)(=O)O)cc2c1. The lowest BCUT2D eigenvalue weighted by Crippen LogP contribution is -1.99. The first-order valence-corrected chi connectivity index (χ1v) is 12.4. The van der Waals surface area contributed by atoms with Crippen LogP contribution in [0.4, 0.5) is 0 Å². The van der Waals surface area contributed by atoms with Gasteiger partial charge in [0.2, 0.25) is 0 Å². The number of aryl methyl sites for hydroxylation is 2. The second-order valence-electron chi connectivity index (χ2n) is 7.94. The molecule has 0 aliphatic rings. The number of fused-ring (bicyclic) bond motifs is 1. The Morgan fingerprint density at radius 3 is 1.96 bits per heavy atom. The molecule has 0 atom stereocenters. The van der Waals surface area contributed by atoms with Crippen LogP contribution in [0.15, 0.2) is 35.2 Å². The van der Waals surface area contributed by atoms with Gasteiger partial charge in [-0.15, -0.1) is 0 Å². The fourth-order valence-corrected chi connectivity index (χ4v) is 4.37. The van der Waals surface area contributed by atoms with Crippen LogP contribution in [0.2, 0.25) is 0 Å². The van der Waals surface area contributed by atoms with Gasteiger partial charge in [0, 0.05) is 0 Å². The van der Waals surface area contributed by atoms with Crippen molar-refractivity contribution >= 4 is 20.9 Å². The highest BCUT2D eigenvalue weighted by Crippen LogP contribution is 2.27. The Hall–Kier alpha value is -1.39. The lowest BCUT2D eigenvalue weighted by atomic mass is 9.94. The molecule has 2 aromatic rings. The summed E-state index contributed by atoms with van der Waals surface area (Å²) < 4.78 is 32.5. The molecule has 0 aliphatic carbocycles. The van der Waals surface area contributed by atoms with Gasteiger partial charge in [-0.25, -0.2) is 0 Å². The highest BCUT2D eigenvalue weighted by atomic mass is 32.2. The molecule has 0 saturated carbocycles. The summed E-state index contributed by atoms with van der Waals surface area (Å²) in [5.74, 6) is 0. The Bertz CT molecular complexity index is 840. The molecule has 2 aromatic carbocycles. The van der Waals surface area contributed by atoms with Crippen LogP contribution >= 0.6 is 0 Å². The van der Waals surface area contributed by atoms with Crippen molar-refractivity contribution in [3.63, 3.8) is 0 Å². The van der Waals surface area contributed by atoms with Gasteiger partial charge in [-0.2, -0.15) is 8.42 Å². The Kier molecular flexibility index (Phi) is 9.46. The van der Waals surface area contributed by atoms with Crippen molar-refractivity contribution < 1.29 is 13.0 Å². The minimum atomic E-state index is -4.17. The van der Waals surface area contributed by atoms with Crippen molar-refractivity contribution in [1.29, 1.82) is 0 Å². The second kappa shape index (κ2) is 11.6. The molecule has 0 bridgehead atoms. The molecule has 2 rings (SSSR count). The van der Waals surface area contributed by atoms with E-state index in [0.717, 1.165) is 30.0 Å². The average Bonchev–Trinajstić information content (AvgIpc) is 2.66. The van der Waals surface area contributed by atoms with Gasteiger partial charge in [0.25, 0.3) is 10.1 Å². The molecule has 3 nitrogen and oxygen atoms in total. The molecule has 156 valence electrons. The highest BCUT2D eigenvalue weighted by molar-refractivity contribution is 7.85. The summed E-state index contributed by atoms with van der Waals surface area (Å²) in [6.07, 6.45) is 14.5.